The molecule has 0 radical (unpaired) electrons. The van der Waals surface area contributed by atoms with E-state index in [2.05, 4.69) is 21.0 Å². The van der Waals surface area contributed by atoms with Crippen molar-refractivity contribution in [3.8, 4) is 0 Å². The summed E-state index contributed by atoms with van der Waals surface area (Å²) in [5.41, 5.74) is 0.156. The van der Waals surface area contributed by atoms with Gasteiger partial charge in [-0.15, -0.1) is 0 Å². The van der Waals surface area contributed by atoms with Crippen LogP contribution in [0.15, 0.2) is 10.7 Å². The van der Waals surface area contributed by atoms with E-state index in [1.165, 1.54) is 10.7 Å². The summed E-state index contributed by atoms with van der Waals surface area (Å²) in [6.07, 6.45) is 0. The smallest absolute Gasteiger partial charge is 0.354 e. The van der Waals surface area contributed by atoms with Crippen molar-refractivity contribution in [3.63, 3.8) is 0 Å². The van der Waals surface area contributed by atoms with Crippen molar-refractivity contribution in [1.82, 2.24) is 9.78 Å². The predicted octanol–water partition coefficient (Wildman–Crippen LogP) is 0.990. The summed E-state index contributed by atoms with van der Waals surface area (Å²) in [4.78, 5) is 10.7. The third-order valence-electron chi connectivity index (χ3n) is 1.48. The molecule has 1 aromatic heterocycles. The summed E-state index contributed by atoms with van der Waals surface area (Å²) in [5, 5.41) is 12.7. The van der Waals surface area contributed by atoms with Gasteiger partial charge >= 0.3 is 5.97 Å². The number of methoxy groups -OCH3 is 1. The Kier molecular flexibility index (Phi) is 3.44. The molecule has 0 unspecified atom stereocenters. The van der Waals surface area contributed by atoms with E-state index < -0.39 is 5.97 Å². The van der Waals surface area contributed by atoms with Crippen molar-refractivity contribution in [3.05, 3.63) is 16.4 Å². The largest absolute Gasteiger partial charge is 0.477 e. The molecule has 0 fully saturated rings. The van der Waals surface area contributed by atoms with Crippen molar-refractivity contribution in [2.24, 2.45) is 0 Å². The molecule has 0 saturated carbocycles. The van der Waals surface area contributed by atoms with Crippen molar-refractivity contribution in [1.29, 1.82) is 0 Å². The van der Waals surface area contributed by atoms with Gasteiger partial charge in [0, 0.05) is 13.2 Å². The van der Waals surface area contributed by atoms with Crippen LogP contribution in [-0.4, -0.2) is 34.6 Å². The molecule has 0 spiro atoms. The van der Waals surface area contributed by atoms with Gasteiger partial charge in [-0.25, -0.2) is 4.79 Å². The molecule has 1 aromatic rings. The van der Waals surface area contributed by atoms with Gasteiger partial charge < -0.3 is 9.84 Å². The average Bonchev–Trinajstić information content (AvgIpc) is 2.43. The lowest BCUT2D eigenvalue weighted by Crippen LogP contribution is -2.12. The molecule has 6 heteroatoms. The first-order chi connectivity index (χ1) is 6.15. The fraction of sp³-hybridized carbons (Fsp3) is 0.429. The summed E-state index contributed by atoms with van der Waals surface area (Å²) in [6, 6.07) is 1.46. The maximum Gasteiger partial charge on any atom is 0.354 e. The fourth-order valence-corrected chi connectivity index (χ4v) is 1.31. The molecule has 0 aliphatic heterocycles. The van der Waals surface area contributed by atoms with E-state index in [9.17, 15) is 4.79 Å². The Balaban J connectivity index is 2.84. The van der Waals surface area contributed by atoms with Crippen molar-refractivity contribution in [2.75, 3.05) is 13.7 Å². The maximum absolute atomic E-state index is 10.7. The number of hydrogen-bond donors (Lipinski definition) is 1. The molecule has 0 aliphatic rings. The molecule has 0 bridgehead atoms. The Hall–Kier alpha value is -0.880. The zero-order valence-corrected chi connectivity index (χ0v) is 8.61. The highest BCUT2D eigenvalue weighted by molar-refractivity contribution is 9.10. The van der Waals surface area contributed by atoms with Crippen LogP contribution in [-0.2, 0) is 11.3 Å². The first kappa shape index (κ1) is 10.2. The SMILES string of the molecule is COCCn1nc(Br)cc1C(=O)O. The predicted molar refractivity (Wildman–Crippen MR) is 48.8 cm³/mol. The van der Waals surface area contributed by atoms with Gasteiger partial charge in [0.05, 0.1) is 13.2 Å². The number of rotatable bonds is 4. The number of carbonyl (C=O) groups is 1. The van der Waals surface area contributed by atoms with Crippen LogP contribution in [0.2, 0.25) is 0 Å². The van der Waals surface area contributed by atoms with E-state index in [1.807, 2.05) is 0 Å². The van der Waals surface area contributed by atoms with Crippen LogP contribution in [0.5, 0.6) is 0 Å². The Bertz CT molecular complexity index is 311. The lowest BCUT2D eigenvalue weighted by Gasteiger charge is -2.01. The topological polar surface area (TPSA) is 64.4 Å². The number of aromatic carboxylic acids is 1. The van der Waals surface area contributed by atoms with Crippen LogP contribution in [0, 0.1) is 0 Å². The molecule has 72 valence electrons. The van der Waals surface area contributed by atoms with Crippen LogP contribution in [0.3, 0.4) is 0 Å². The minimum absolute atomic E-state index is 0.156. The average molecular weight is 249 g/mol. The first-order valence-corrected chi connectivity index (χ1v) is 4.40. The molecule has 1 rings (SSSR count). The van der Waals surface area contributed by atoms with Gasteiger partial charge in [-0.2, -0.15) is 5.10 Å². The lowest BCUT2D eigenvalue weighted by atomic mass is 10.4. The van der Waals surface area contributed by atoms with Gasteiger partial charge in [-0.3, -0.25) is 4.68 Å². The van der Waals surface area contributed by atoms with Gasteiger partial charge in [0.25, 0.3) is 0 Å². The highest BCUT2D eigenvalue weighted by Gasteiger charge is 2.12. The minimum atomic E-state index is -0.991. The molecule has 0 aromatic carbocycles. The van der Waals surface area contributed by atoms with Crippen LogP contribution >= 0.6 is 15.9 Å². The van der Waals surface area contributed by atoms with E-state index >= 15 is 0 Å². The van der Waals surface area contributed by atoms with Gasteiger partial charge in [-0.05, 0) is 15.9 Å². The Morgan fingerprint density at radius 2 is 2.54 bits per heavy atom. The zero-order valence-electron chi connectivity index (χ0n) is 7.03. The molecule has 0 atom stereocenters. The molecule has 0 aliphatic carbocycles. The third kappa shape index (κ3) is 2.53. The van der Waals surface area contributed by atoms with Gasteiger partial charge in [0.2, 0.25) is 0 Å². The molecule has 0 amide bonds. The van der Waals surface area contributed by atoms with Gasteiger partial charge in [0.15, 0.2) is 0 Å². The number of ether oxygens (including phenoxy) is 1. The zero-order chi connectivity index (χ0) is 9.84. The quantitative estimate of drug-likeness (QED) is 0.864. The molecule has 1 N–H and O–H groups in total. The highest BCUT2D eigenvalue weighted by Crippen LogP contribution is 2.10. The highest BCUT2D eigenvalue weighted by atomic mass is 79.9. The molecule has 13 heavy (non-hydrogen) atoms. The van der Waals surface area contributed by atoms with Crippen molar-refractivity contribution >= 4 is 21.9 Å². The molecule has 5 nitrogen and oxygen atoms in total. The Morgan fingerprint density at radius 1 is 1.85 bits per heavy atom. The van der Waals surface area contributed by atoms with Gasteiger partial charge in [-0.1, -0.05) is 0 Å². The summed E-state index contributed by atoms with van der Waals surface area (Å²) in [5.74, 6) is -0.991. The Labute approximate surface area is 83.4 Å². The number of aromatic nitrogens is 2. The van der Waals surface area contributed by atoms with Crippen LogP contribution in [0.4, 0.5) is 0 Å². The van der Waals surface area contributed by atoms with E-state index in [1.54, 1.807) is 7.11 Å². The summed E-state index contributed by atoms with van der Waals surface area (Å²) in [6.45, 7) is 0.873. The maximum atomic E-state index is 10.7. The number of carboxylic acids is 1. The summed E-state index contributed by atoms with van der Waals surface area (Å²) < 4.78 is 6.72. The molecular weight excluding hydrogens is 240 g/mol. The van der Waals surface area contributed by atoms with Crippen molar-refractivity contribution < 1.29 is 14.6 Å². The van der Waals surface area contributed by atoms with Crippen LogP contribution in [0.25, 0.3) is 0 Å². The van der Waals surface area contributed by atoms with E-state index in [0.29, 0.717) is 17.8 Å². The monoisotopic (exact) mass is 248 g/mol. The summed E-state index contributed by atoms with van der Waals surface area (Å²) in [7, 11) is 1.55. The van der Waals surface area contributed by atoms with E-state index in [4.69, 9.17) is 9.84 Å². The first-order valence-electron chi connectivity index (χ1n) is 3.60. The van der Waals surface area contributed by atoms with Crippen LogP contribution in [0.1, 0.15) is 10.5 Å². The van der Waals surface area contributed by atoms with Crippen molar-refractivity contribution in [2.45, 2.75) is 6.54 Å². The van der Waals surface area contributed by atoms with Crippen LogP contribution < -0.4 is 0 Å². The summed E-state index contributed by atoms with van der Waals surface area (Å²) >= 11 is 3.11. The van der Waals surface area contributed by atoms with E-state index in [0.717, 1.165) is 0 Å². The number of nitrogens with zero attached hydrogens (tertiary/aromatic N) is 2. The number of hydrogen-bond acceptors (Lipinski definition) is 3. The van der Waals surface area contributed by atoms with Gasteiger partial charge in [0.1, 0.15) is 10.3 Å². The second kappa shape index (κ2) is 4.38. The molecular formula is C7H9BrN2O3. The fourth-order valence-electron chi connectivity index (χ4n) is 0.906. The molecule has 1 heterocycles. The number of carboxylic acid groups (broad SMARTS) is 1. The normalized spacial score (nSPS) is 10.3. The standard InChI is InChI=1S/C7H9BrN2O3/c1-13-3-2-10-5(7(11)12)4-6(8)9-10/h4H,2-3H2,1H3,(H,11,12). The Morgan fingerprint density at radius 3 is 3.08 bits per heavy atom. The lowest BCUT2D eigenvalue weighted by molar-refractivity contribution is 0.0680. The second-order valence-corrected chi connectivity index (χ2v) is 3.19. The second-order valence-electron chi connectivity index (χ2n) is 2.37. The third-order valence-corrected chi connectivity index (χ3v) is 1.86. The van der Waals surface area contributed by atoms with E-state index in [-0.39, 0.29) is 5.69 Å². The number of halogens is 1. The molecule has 0 saturated heterocycles. The minimum Gasteiger partial charge on any atom is -0.477 e.